The molecule has 118 valence electrons. The summed E-state index contributed by atoms with van der Waals surface area (Å²) < 4.78 is 0. The van der Waals surface area contributed by atoms with E-state index in [1.54, 1.807) is 6.07 Å². The number of hydrogen-bond acceptors (Lipinski definition) is 5. The van der Waals surface area contributed by atoms with E-state index in [9.17, 15) is 5.26 Å². The summed E-state index contributed by atoms with van der Waals surface area (Å²) in [5.74, 6) is 1.21. The summed E-state index contributed by atoms with van der Waals surface area (Å²) >= 11 is 0. The van der Waals surface area contributed by atoms with E-state index in [2.05, 4.69) is 26.7 Å². The fourth-order valence-electron chi connectivity index (χ4n) is 2.32. The summed E-state index contributed by atoms with van der Waals surface area (Å²) in [6.07, 6.45) is 0. The number of benzene rings is 2. The van der Waals surface area contributed by atoms with Crippen LogP contribution < -0.4 is 10.6 Å². The molecule has 0 atom stereocenters. The van der Waals surface area contributed by atoms with Crippen LogP contribution in [-0.2, 0) is 6.54 Å². The minimum absolute atomic E-state index is 0.552. The molecule has 0 aliphatic carbocycles. The van der Waals surface area contributed by atoms with E-state index in [0.717, 1.165) is 16.9 Å². The Morgan fingerprint density at radius 3 is 2.54 bits per heavy atom. The van der Waals surface area contributed by atoms with E-state index < -0.39 is 0 Å². The van der Waals surface area contributed by atoms with Crippen LogP contribution in [0.25, 0.3) is 0 Å². The van der Waals surface area contributed by atoms with Gasteiger partial charge in [-0.3, -0.25) is 0 Å². The molecule has 0 radical (unpaired) electrons. The number of anilines is 3. The molecule has 0 amide bonds. The molecule has 2 N–H and O–H groups in total. The molecule has 0 saturated heterocycles. The van der Waals surface area contributed by atoms with Gasteiger partial charge in [-0.15, -0.1) is 0 Å². The van der Waals surface area contributed by atoms with E-state index in [0.29, 0.717) is 23.9 Å². The van der Waals surface area contributed by atoms with Crippen LogP contribution in [0.15, 0.2) is 60.7 Å². The Kier molecular flexibility index (Phi) is 4.68. The van der Waals surface area contributed by atoms with Crippen molar-refractivity contribution >= 4 is 17.5 Å². The number of rotatable bonds is 5. The maximum absolute atomic E-state index is 9.18. The first kappa shape index (κ1) is 15.5. The Morgan fingerprint density at radius 2 is 1.75 bits per heavy atom. The number of aromatic nitrogens is 2. The maximum atomic E-state index is 9.18. The van der Waals surface area contributed by atoms with Crippen molar-refractivity contribution in [2.24, 2.45) is 0 Å². The monoisotopic (exact) mass is 315 g/mol. The molecule has 0 spiro atoms. The van der Waals surface area contributed by atoms with Crippen LogP contribution in [0.5, 0.6) is 0 Å². The molecule has 5 heteroatoms. The highest BCUT2D eigenvalue weighted by atomic mass is 15.1. The van der Waals surface area contributed by atoms with Crippen LogP contribution >= 0.6 is 0 Å². The standard InChI is InChI=1S/C19H17N5/c1-14-11-18(23-17-10-6-5-9-16(17)12-20)24-19(22-14)21-13-15-7-3-2-4-8-15/h2-11H,13H2,1H3,(H2,21,22,23,24). The second kappa shape index (κ2) is 7.25. The molecule has 1 aromatic heterocycles. The van der Waals surface area contributed by atoms with Gasteiger partial charge in [-0.25, -0.2) is 4.98 Å². The maximum Gasteiger partial charge on any atom is 0.225 e. The van der Waals surface area contributed by atoms with Gasteiger partial charge in [0.15, 0.2) is 0 Å². The molecule has 0 aliphatic heterocycles. The highest BCUT2D eigenvalue weighted by Crippen LogP contribution is 2.20. The lowest BCUT2D eigenvalue weighted by atomic mass is 10.2. The lowest BCUT2D eigenvalue weighted by Gasteiger charge is -2.11. The highest BCUT2D eigenvalue weighted by molar-refractivity contribution is 5.65. The summed E-state index contributed by atoms with van der Waals surface area (Å²) in [4.78, 5) is 8.88. The van der Waals surface area contributed by atoms with Crippen LogP contribution in [0.3, 0.4) is 0 Å². The highest BCUT2D eigenvalue weighted by Gasteiger charge is 2.05. The zero-order valence-electron chi connectivity index (χ0n) is 13.3. The first-order chi connectivity index (χ1) is 11.7. The number of nitrogens with one attached hydrogen (secondary N) is 2. The average Bonchev–Trinajstić information content (AvgIpc) is 2.61. The van der Waals surface area contributed by atoms with Gasteiger partial charge in [-0.2, -0.15) is 10.2 Å². The largest absolute Gasteiger partial charge is 0.350 e. The van der Waals surface area contributed by atoms with Crippen LogP contribution in [0, 0.1) is 18.3 Å². The third-order valence-corrected chi connectivity index (χ3v) is 3.46. The lowest BCUT2D eigenvalue weighted by Crippen LogP contribution is -2.06. The predicted octanol–water partition coefficient (Wildman–Crippen LogP) is 4.01. The Labute approximate surface area is 141 Å². The van der Waals surface area contributed by atoms with Gasteiger partial charge < -0.3 is 10.6 Å². The fourth-order valence-corrected chi connectivity index (χ4v) is 2.32. The van der Waals surface area contributed by atoms with Crippen molar-refractivity contribution in [3.8, 4) is 6.07 Å². The summed E-state index contributed by atoms with van der Waals surface area (Å²) in [6.45, 7) is 2.56. The SMILES string of the molecule is Cc1cc(Nc2ccccc2C#N)nc(NCc2ccccc2)n1. The van der Waals surface area contributed by atoms with Gasteiger partial charge in [0, 0.05) is 18.3 Å². The molecule has 0 aliphatic rings. The van der Waals surface area contributed by atoms with Crippen molar-refractivity contribution in [1.29, 1.82) is 5.26 Å². The molecular formula is C19H17N5. The molecule has 0 fully saturated rings. The molecule has 1 heterocycles. The van der Waals surface area contributed by atoms with Crippen molar-refractivity contribution in [1.82, 2.24) is 9.97 Å². The second-order valence-electron chi connectivity index (χ2n) is 5.34. The zero-order valence-corrected chi connectivity index (χ0v) is 13.3. The third-order valence-electron chi connectivity index (χ3n) is 3.46. The van der Waals surface area contributed by atoms with Gasteiger partial charge in [0.1, 0.15) is 11.9 Å². The van der Waals surface area contributed by atoms with Gasteiger partial charge in [-0.05, 0) is 24.6 Å². The van der Waals surface area contributed by atoms with E-state index in [4.69, 9.17) is 0 Å². The minimum atomic E-state index is 0.552. The minimum Gasteiger partial charge on any atom is -0.350 e. The molecule has 2 aromatic carbocycles. The van der Waals surface area contributed by atoms with Crippen molar-refractivity contribution < 1.29 is 0 Å². The van der Waals surface area contributed by atoms with Crippen molar-refractivity contribution in [2.45, 2.75) is 13.5 Å². The van der Waals surface area contributed by atoms with Gasteiger partial charge in [-0.1, -0.05) is 42.5 Å². The van der Waals surface area contributed by atoms with E-state index in [1.165, 1.54) is 0 Å². The second-order valence-corrected chi connectivity index (χ2v) is 5.34. The van der Waals surface area contributed by atoms with Crippen molar-refractivity contribution in [3.05, 3.63) is 77.5 Å². The number of nitrogens with zero attached hydrogens (tertiary/aromatic N) is 3. The Hall–Kier alpha value is -3.39. The molecule has 3 rings (SSSR count). The Morgan fingerprint density at radius 1 is 1.00 bits per heavy atom. The van der Waals surface area contributed by atoms with Crippen LogP contribution in [0.2, 0.25) is 0 Å². The quantitative estimate of drug-likeness (QED) is 0.744. The molecule has 0 saturated carbocycles. The number of hydrogen-bond donors (Lipinski definition) is 2. The van der Waals surface area contributed by atoms with Crippen molar-refractivity contribution in [2.75, 3.05) is 10.6 Å². The van der Waals surface area contributed by atoms with Crippen LogP contribution in [-0.4, -0.2) is 9.97 Å². The Bertz CT molecular complexity index is 868. The van der Waals surface area contributed by atoms with E-state index >= 15 is 0 Å². The van der Waals surface area contributed by atoms with E-state index in [1.807, 2.05) is 61.5 Å². The Balaban J connectivity index is 1.78. The topological polar surface area (TPSA) is 73.6 Å². The average molecular weight is 315 g/mol. The van der Waals surface area contributed by atoms with E-state index in [-0.39, 0.29) is 0 Å². The number of para-hydroxylation sites is 1. The number of aryl methyl sites for hydroxylation is 1. The molecular weight excluding hydrogens is 298 g/mol. The smallest absolute Gasteiger partial charge is 0.225 e. The molecule has 0 unspecified atom stereocenters. The predicted molar refractivity (Wildman–Crippen MR) is 95.0 cm³/mol. The normalized spacial score (nSPS) is 10.0. The van der Waals surface area contributed by atoms with Crippen molar-refractivity contribution in [3.63, 3.8) is 0 Å². The molecule has 24 heavy (non-hydrogen) atoms. The fraction of sp³-hybridized carbons (Fsp3) is 0.105. The van der Waals surface area contributed by atoms with Gasteiger partial charge in [0.25, 0.3) is 0 Å². The van der Waals surface area contributed by atoms with Gasteiger partial charge >= 0.3 is 0 Å². The summed E-state index contributed by atoms with van der Waals surface area (Å²) in [5, 5.41) is 15.6. The van der Waals surface area contributed by atoms with Crippen LogP contribution in [0.1, 0.15) is 16.8 Å². The molecule has 0 bridgehead atoms. The number of nitriles is 1. The zero-order chi connectivity index (χ0) is 16.8. The summed E-state index contributed by atoms with van der Waals surface area (Å²) in [5.41, 5.74) is 3.31. The first-order valence-corrected chi connectivity index (χ1v) is 7.64. The summed E-state index contributed by atoms with van der Waals surface area (Å²) in [7, 11) is 0. The third kappa shape index (κ3) is 3.87. The first-order valence-electron chi connectivity index (χ1n) is 7.64. The van der Waals surface area contributed by atoms with Gasteiger partial charge in [0.2, 0.25) is 5.95 Å². The summed E-state index contributed by atoms with van der Waals surface area (Å²) in [6, 6.07) is 21.4. The molecule has 3 aromatic rings. The van der Waals surface area contributed by atoms with Crippen LogP contribution in [0.4, 0.5) is 17.5 Å². The van der Waals surface area contributed by atoms with Gasteiger partial charge in [0.05, 0.1) is 11.3 Å². The molecule has 5 nitrogen and oxygen atoms in total. The lowest BCUT2D eigenvalue weighted by molar-refractivity contribution is 1.03.